The third-order valence-corrected chi connectivity index (χ3v) is 4.93. The molecule has 2 amide bonds. The van der Waals surface area contributed by atoms with E-state index in [1.807, 2.05) is 0 Å². The van der Waals surface area contributed by atoms with Gasteiger partial charge in [-0.05, 0) is 24.3 Å². The van der Waals surface area contributed by atoms with E-state index in [2.05, 4.69) is 0 Å². The molecular weight excluding hydrogens is 290 g/mol. The number of ether oxygens (including phenoxy) is 1. The number of amides is 2. The van der Waals surface area contributed by atoms with Crippen LogP contribution >= 0.6 is 11.3 Å². The molecule has 1 aromatic heterocycles. The SMILES string of the molecule is Nc1ccsc1C(=O)N1CCCC1C(=O)N1CCOCC1. The summed E-state index contributed by atoms with van der Waals surface area (Å²) in [6.45, 7) is 2.99. The molecule has 1 atom stereocenters. The topological polar surface area (TPSA) is 75.9 Å². The lowest BCUT2D eigenvalue weighted by molar-refractivity contribution is -0.139. The average molecular weight is 309 g/mol. The maximum Gasteiger partial charge on any atom is 0.266 e. The van der Waals surface area contributed by atoms with Gasteiger partial charge in [0.25, 0.3) is 5.91 Å². The zero-order valence-corrected chi connectivity index (χ0v) is 12.6. The summed E-state index contributed by atoms with van der Waals surface area (Å²) in [6.07, 6.45) is 1.59. The number of morpholine rings is 1. The van der Waals surface area contributed by atoms with Crippen LogP contribution in [0.4, 0.5) is 5.69 Å². The van der Waals surface area contributed by atoms with Crippen LogP contribution in [0.2, 0.25) is 0 Å². The number of hydrogen-bond donors (Lipinski definition) is 1. The van der Waals surface area contributed by atoms with E-state index in [-0.39, 0.29) is 17.9 Å². The van der Waals surface area contributed by atoms with Crippen LogP contribution < -0.4 is 5.73 Å². The molecule has 0 saturated carbocycles. The molecule has 3 rings (SSSR count). The second-order valence-electron chi connectivity index (χ2n) is 5.30. The monoisotopic (exact) mass is 309 g/mol. The molecule has 0 aromatic carbocycles. The molecule has 7 heteroatoms. The number of rotatable bonds is 2. The molecule has 3 heterocycles. The molecule has 0 bridgehead atoms. The highest BCUT2D eigenvalue weighted by Gasteiger charge is 2.37. The Labute approximate surface area is 127 Å². The maximum atomic E-state index is 12.6. The Morgan fingerprint density at radius 1 is 1.29 bits per heavy atom. The molecule has 21 heavy (non-hydrogen) atoms. The van der Waals surface area contributed by atoms with Crippen molar-refractivity contribution in [2.24, 2.45) is 0 Å². The third kappa shape index (κ3) is 2.75. The van der Waals surface area contributed by atoms with E-state index in [1.165, 1.54) is 11.3 Å². The summed E-state index contributed by atoms with van der Waals surface area (Å²) in [7, 11) is 0. The van der Waals surface area contributed by atoms with E-state index in [1.54, 1.807) is 21.2 Å². The fourth-order valence-electron chi connectivity index (χ4n) is 2.88. The van der Waals surface area contributed by atoms with Gasteiger partial charge in [0.1, 0.15) is 10.9 Å². The number of carbonyl (C=O) groups is 2. The van der Waals surface area contributed by atoms with Crippen molar-refractivity contribution in [3.05, 3.63) is 16.3 Å². The summed E-state index contributed by atoms with van der Waals surface area (Å²) in [4.78, 5) is 29.2. The lowest BCUT2D eigenvalue weighted by Gasteiger charge is -2.32. The minimum Gasteiger partial charge on any atom is -0.397 e. The Hall–Kier alpha value is -1.60. The highest BCUT2D eigenvalue weighted by molar-refractivity contribution is 7.12. The largest absolute Gasteiger partial charge is 0.397 e. The van der Waals surface area contributed by atoms with Gasteiger partial charge >= 0.3 is 0 Å². The Balaban J connectivity index is 1.74. The van der Waals surface area contributed by atoms with Gasteiger partial charge in [-0.15, -0.1) is 11.3 Å². The second kappa shape index (κ2) is 6.03. The molecule has 0 aliphatic carbocycles. The Bertz CT molecular complexity index is 539. The predicted molar refractivity (Wildman–Crippen MR) is 80.2 cm³/mol. The van der Waals surface area contributed by atoms with Crippen LogP contribution in [0.1, 0.15) is 22.5 Å². The summed E-state index contributed by atoms with van der Waals surface area (Å²) in [5, 5.41) is 1.80. The van der Waals surface area contributed by atoms with E-state index >= 15 is 0 Å². The standard InChI is InChI=1S/C14H19N3O3S/c15-10-3-9-21-12(10)14(19)17-4-1-2-11(17)13(18)16-5-7-20-8-6-16/h3,9,11H,1-2,4-8,15H2. The van der Waals surface area contributed by atoms with Crippen LogP contribution in [0, 0.1) is 0 Å². The average Bonchev–Trinajstić information content (AvgIpc) is 3.15. The molecule has 2 saturated heterocycles. The number of thiophene rings is 1. The van der Waals surface area contributed by atoms with Crippen LogP contribution in [0.5, 0.6) is 0 Å². The van der Waals surface area contributed by atoms with Crippen molar-refractivity contribution < 1.29 is 14.3 Å². The van der Waals surface area contributed by atoms with E-state index < -0.39 is 0 Å². The highest BCUT2D eigenvalue weighted by atomic mass is 32.1. The molecule has 6 nitrogen and oxygen atoms in total. The first-order chi connectivity index (χ1) is 10.2. The first kappa shape index (κ1) is 14.3. The molecule has 114 valence electrons. The Morgan fingerprint density at radius 3 is 2.71 bits per heavy atom. The number of likely N-dealkylation sites (tertiary alicyclic amines) is 1. The molecular formula is C14H19N3O3S. The summed E-state index contributed by atoms with van der Waals surface area (Å²) < 4.78 is 5.27. The van der Waals surface area contributed by atoms with Gasteiger partial charge in [-0.25, -0.2) is 0 Å². The fourth-order valence-corrected chi connectivity index (χ4v) is 3.66. The summed E-state index contributed by atoms with van der Waals surface area (Å²) in [5.74, 6) is -0.0779. The minimum atomic E-state index is -0.350. The number of anilines is 1. The van der Waals surface area contributed by atoms with Gasteiger partial charge in [0.05, 0.1) is 18.9 Å². The van der Waals surface area contributed by atoms with E-state index in [0.29, 0.717) is 43.4 Å². The van der Waals surface area contributed by atoms with Gasteiger partial charge in [0.2, 0.25) is 5.91 Å². The number of nitrogens with two attached hydrogens (primary N) is 1. The van der Waals surface area contributed by atoms with Crippen LogP contribution in [0.25, 0.3) is 0 Å². The van der Waals surface area contributed by atoms with Crippen molar-refractivity contribution in [2.75, 3.05) is 38.6 Å². The molecule has 2 aliphatic rings. The number of nitrogens with zero attached hydrogens (tertiary/aromatic N) is 2. The van der Waals surface area contributed by atoms with Crippen molar-refractivity contribution in [3.8, 4) is 0 Å². The van der Waals surface area contributed by atoms with Crippen molar-refractivity contribution in [1.29, 1.82) is 0 Å². The molecule has 1 unspecified atom stereocenters. The Kier molecular flexibility index (Phi) is 4.12. The van der Waals surface area contributed by atoms with Gasteiger partial charge in [-0.3, -0.25) is 9.59 Å². The van der Waals surface area contributed by atoms with Crippen LogP contribution in [0.3, 0.4) is 0 Å². The second-order valence-corrected chi connectivity index (χ2v) is 6.22. The minimum absolute atomic E-state index is 0.0410. The molecule has 1 aromatic rings. The quantitative estimate of drug-likeness (QED) is 0.876. The lowest BCUT2D eigenvalue weighted by Crippen LogP contribution is -2.51. The van der Waals surface area contributed by atoms with Crippen molar-refractivity contribution >= 4 is 28.8 Å². The summed E-state index contributed by atoms with van der Waals surface area (Å²) >= 11 is 1.33. The molecule has 2 aliphatic heterocycles. The van der Waals surface area contributed by atoms with Gasteiger partial charge in [0.15, 0.2) is 0 Å². The van der Waals surface area contributed by atoms with Gasteiger partial charge in [0, 0.05) is 19.6 Å². The lowest BCUT2D eigenvalue weighted by atomic mass is 10.1. The number of nitrogen functional groups attached to an aromatic ring is 1. The van der Waals surface area contributed by atoms with Crippen molar-refractivity contribution in [1.82, 2.24) is 9.80 Å². The smallest absolute Gasteiger partial charge is 0.266 e. The van der Waals surface area contributed by atoms with Gasteiger partial charge in [-0.1, -0.05) is 0 Å². The fraction of sp³-hybridized carbons (Fsp3) is 0.571. The van der Waals surface area contributed by atoms with Crippen molar-refractivity contribution in [2.45, 2.75) is 18.9 Å². The van der Waals surface area contributed by atoms with Gasteiger partial charge < -0.3 is 20.3 Å². The Morgan fingerprint density at radius 2 is 2.05 bits per heavy atom. The van der Waals surface area contributed by atoms with Crippen molar-refractivity contribution in [3.63, 3.8) is 0 Å². The maximum absolute atomic E-state index is 12.6. The first-order valence-corrected chi connectivity index (χ1v) is 8.07. The zero-order chi connectivity index (χ0) is 14.8. The first-order valence-electron chi connectivity index (χ1n) is 7.19. The van der Waals surface area contributed by atoms with Crippen LogP contribution in [0.15, 0.2) is 11.4 Å². The predicted octanol–water partition coefficient (Wildman–Crippen LogP) is 0.794. The number of hydrogen-bond acceptors (Lipinski definition) is 5. The molecule has 0 radical (unpaired) electrons. The highest BCUT2D eigenvalue weighted by Crippen LogP contribution is 2.27. The zero-order valence-electron chi connectivity index (χ0n) is 11.8. The normalized spacial score (nSPS) is 22.6. The summed E-state index contributed by atoms with van der Waals surface area (Å²) in [5.41, 5.74) is 6.32. The number of carbonyl (C=O) groups excluding carboxylic acids is 2. The molecule has 2 N–H and O–H groups in total. The molecule has 2 fully saturated rings. The van der Waals surface area contributed by atoms with E-state index in [9.17, 15) is 9.59 Å². The molecule has 0 spiro atoms. The van der Waals surface area contributed by atoms with Crippen LogP contribution in [-0.2, 0) is 9.53 Å². The van der Waals surface area contributed by atoms with Crippen LogP contribution in [-0.4, -0.2) is 60.5 Å². The van der Waals surface area contributed by atoms with E-state index in [4.69, 9.17) is 10.5 Å². The van der Waals surface area contributed by atoms with E-state index in [0.717, 1.165) is 12.8 Å². The summed E-state index contributed by atoms with van der Waals surface area (Å²) in [6, 6.07) is 1.38. The third-order valence-electron chi connectivity index (χ3n) is 4.01. The van der Waals surface area contributed by atoms with Gasteiger partial charge in [-0.2, -0.15) is 0 Å².